The van der Waals surface area contributed by atoms with Crippen LogP contribution in [-0.2, 0) is 4.79 Å². The molecule has 0 saturated carbocycles. The molecule has 2 aliphatic rings. The Balaban J connectivity index is 0.000000720. The van der Waals surface area contributed by atoms with Crippen LogP contribution in [0.5, 0.6) is 0 Å². The number of carbonyl (C=O) groups excluding carboxylic acids is 1. The zero-order chi connectivity index (χ0) is 7.84. The Morgan fingerprint density at radius 1 is 1.25 bits per heavy atom. The molecule has 2 aliphatic heterocycles. The maximum Gasteiger partial charge on any atom is 0.222 e. The normalized spacial score (nSPS) is 38.8. The van der Waals surface area contributed by atoms with Crippen LogP contribution in [0.4, 0.5) is 0 Å². The standard InChI is InChI=1S/C8H14N2O.ClH/c9-8(11)6-3-1-5-2-4-7(6)10-5;/h5-7,10H,1-4H2,(H2,9,11);1H/t5-,6?,7-;/m0./s1. The lowest BCUT2D eigenvalue weighted by atomic mass is 9.92. The highest BCUT2D eigenvalue weighted by atomic mass is 35.5. The fourth-order valence-corrected chi connectivity index (χ4v) is 2.32. The van der Waals surface area contributed by atoms with Crippen molar-refractivity contribution in [2.75, 3.05) is 0 Å². The van der Waals surface area contributed by atoms with Crippen LogP contribution in [0.2, 0.25) is 0 Å². The number of fused-ring (bicyclic) bond motifs is 2. The fraction of sp³-hybridized carbons (Fsp3) is 0.875. The summed E-state index contributed by atoms with van der Waals surface area (Å²) in [7, 11) is 0. The summed E-state index contributed by atoms with van der Waals surface area (Å²) in [5.41, 5.74) is 5.27. The number of amides is 1. The molecule has 2 rings (SSSR count). The van der Waals surface area contributed by atoms with Crippen LogP contribution in [0.1, 0.15) is 25.7 Å². The molecule has 2 fully saturated rings. The van der Waals surface area contributed by atoms with E-state index in [9.17, 15) is 4.79 Å². The van der Waals surface area contributed by atoms with Crippen LogP contribution < -0.4 is 11.1 Å². The van der Waals surface area contributed by atoms with Gasteiger partial charge in [0, 0.05) is 12.1 Å². The van der Waals surface area contributed by atoms with Gasteiger partial charge >= 0.3 is 0 Å². The lowest BCUT2D eigenvalue weighted by Crippen LogP contribution is -2.45. The molecule has 70 valence electrons. The Morgan fingerprint density at radius 3 is 2.58 bits per heavy atom. The number of carbonyl (C=O) groups is 1. The van der Waals surface area contributed by atoms with Crippen molar-refractivity contribution in [1.82, 2.24) is 5.32 Å². The van der Waals surface area contributed by atoms with E-state index in [1.165, 1.54) is 6.42 Å². The molecule has 0 aromatic rings. The summed E-state index contributed by atoms with van der Waals surface area (Å²) in [5, 5.41) is 3.42. The number of nitrogens with one attached hydrogen (secondary N) is 1. The van der Waals surface area contributed by atoms with Crippen LogP contribution in [-0.4, -0.2) is 18.0 Å². The summed E-state index contributed by atoms with van der Waals surface area (Å²) in [6, 6.07) is 1.07. The van der Waals surface area contributed by atoms with Gasteiger partial charge in [0.2, 0.25) is 5.91 Å². The smallest absolute Gasteiger partial charge is 0.222 e. The van der Waals surface area contributed by atoms with Gasteiger partial charge in [-0.1, -0.05) is 0 Å². The van der Waals surface area contributed by atoms with Crippen molar-refractivity contribution in [2.24, 2.45) is 11.7 Å². The monoisotopic (exact) mass is 190 g/mol. The molecule has 4 heteroatoms. The number of hydrogen-bond donors (Lipinski definition) is 2. The molecule has 12 heavy (non-hydrogen) atoms. The van der Waals surface area contributed by atoms with E-state index in [4.69, 9.17) is 5.73 Å². The van der Waals surface area contributed by atoms with E-state index < -0.39 is 0 Å². The first-order valence-corrected chi connectivity index (χ1v) is 4.33. The second kappa shape index (κ2) is 3.62. The molecule has 3 atom stereocenters. The predicted molar refractivity (Wildman–Crippen MR) is 49.1 cm³/mol. The Labute approximate surface area is 78.5 Å². The molecule has 2 bridgehead atoms. The van der Waals surface area contributed by atoms with Gasteiger partial charge in [0.05, 0.1) is 5.92 Å². The summed E-state index contributed by atoms with van der Waals surface area (Å²) in [5.74, 6) is -0.0170. The number of piperidine rings is 1. The van der Waals surface area contributed by atoms with Gasteiger partial charge in [-0.3, -0.25) is 4.79 Å². The Hall–Kier alpha value is -0.280. The van der Waals surface area contributed by atoms with Gasteiger partial charge in [0.1, 0.15) is 0 Å². The molecule has 0 radical (unpaired) electrons. The Kier molecular flexibility index (Phi) is 2.96. The average molecular weight is 191 g/mol. The van der Waals surface area contributed by atoms with Gasteiger partial charge in [0.25, 0.3) is 0 Å². The zero-order valence-corrected chi connectivity index (χ0v) is 7.77. The molecule has 2 saturated heterocycles. The van der Waals surface area contributed by atoms with Crippen LogP contribution in [0.15, 0.2) is 0 Å². The first-order chi connectivity index (χ1) is 5.27. The molecule has 0 aliphatic carbocycles. The van der Waals surface area contributed by atoms with E-state index >= 15 is 0 Å². The van der Waals surface area contributed by atoms with Crippen LogP contribution in [0.3, 0.4) is 0 Å². The van der Waals surface area contributed by atoms with Crippen LogP contribution >= 0.6 is 12.4 Å². The quantitative estimate of drug-likeness (QED) is 0.630. The minimum absolute atomic E-state index is 0. The van der Waals surface area contributed by atoms with Crippen LogP contribution in [0, 0.1) is 5.92 Å². The second-order valence-electron chi connectivity index (χ2n) is 3.63. The van der Waals surface area contributed by atoms with E-state index in [-0.39, 0.29) is 24.2 Å². The molecular formula is C8H15ClN2O. The van der Waals surface area contributed by atoms with Crippen molar-refractivity contribution >= 4 is 18.3 Å². The summed E-state index contributed by atoms with van der Waals surface area (Å²) >= 11 is 0. The van der Waals surface area contributed by atoms with Crippen molar-refractivity contribution in [2.45, 2.75) is 37.8 Å². The third-order valence-corrected chi connectivity index (χ3v) is 2.95. The predicted octanol–water partition coefficient (Wildman–Crippen LogP) is 0.424. The van der Waals surface area contributed by atoms with Crippen LogP contribution in [0.25, 0.3) is 0 Å². The average Bonchev–Trinajstić information content (AvgIpc) is 2.32. The van der Waals surface area contributed by atoms with Crippen molar-refractivity contribution in [3.63, 3.8) is 0 Å². The highest BCUT2D eigenvalue weighted by Gasteiger charge is 2.37. The Morgan fingerprint density at radius 2 is 1.92 bits per heavy atom. The van der Waals surface area contributed by atoms with Gasteiger partial charge in [-0.25, -0.2) is 0 Å². The Bertz CT molecular complexity index is 186. The van der Waals surface area contributed by atoms with Crippen molar-refractivity contribution in [3.05, 3.63) is 0 Å². The first-order valence-electron chi connectivity index (χ1n) is 4.33. The van der Waals surface area contributed by atoms with E-state index in [0.29, 0.717) is 12.1 Å². The zero-order valence-electron chi connectivity index (χ0n) is 6.95. The first kappa shape index (κ1) is 9.81. The van der Waals surface area contributed by atoms with E-state index in [0.717, 1.165) is 19.3 Å². The highest BCUT2D eigenvalue weighted by Crippen LogP contribution is 2.30. The van der Waals surface area contributed by atoms with Gasteiger partial charge < -0.3 is 11.1 Å². The number of primary amides is 1. The SMILES string of the molecule is Cl.NC(=O)C1CC[C@H]2CC[C@@H]1N2. The molecular weight excluding hydrogens is 176 g/mol. The van der Waals surface area contributed by atoms with Crippen molar-refractivity contribution in [1.29, 1.82) is 0 Å². The fourth-order valence-electron chi connectivity index (χ4n) is 2.32. The molecule has 0 aromatic carbocycles. The molecule has 0 spiro atoms. The molecule has 3 nitrogen and oxygen atoms in total. The largest absolute Gasteiger partial charge is 0.369 e. The molecule has 2 heterocycles. The van der Waals surface area contributed by atoms with Gasteiger partial charge in [-0.05, 0) is 25.7 Å². The minimum Gasteiger partial charge on any atom is -0.369 e. The number of hydrogen-bond acceptors (Lipinski definition) is 2. The summed E-state index contributed by atoms with van der Waals surface area (Å²) < 4.78 is 0. The summed E-state index contributed by atoms with van der Waals surface area (Å²) in [6.07, 6.45) is 4.49. The lowest BCUT2D eigenvalue weighted by molar-refractivity contribution is -0.123. The summed E-state index contributed by atoms with van der Waals surface area (Å²) in [4.78, 5) is 10.9. The molecule has 1 unspecified atom stereocenters. The van der Waals surface area contributed by atoms with Gasteiger partial charge in [-0.2, -0.15) is 0 Å². The van der Waals surface area contributed by atoms with E-state index in [2.05, 4.69) is 5.32 Å². The van der Waals surface area contributed by atoms with E-state index in [1.807, 2.05) is 0 Å². The molecule has 1 amide bonds. The summed E-state index contributed by atoms with van der Waals surface area (Å²) in [6.45, 7) is 0. The maximum absolute atomic E-state index is 10.9. The minimum atomic E-state index is -0.122. The lowest BCUT2D eigenvalue weighted by Gasteiger charge is -2.27. The third kappa shape index (κ3) is 1.57. The number of nitrogens with two attached hydrogens (primary N) is 1. The van der Waals surface area contributed by atoms with Gasteiger partial charge in [-0.15, -0.1) is 12.4 Å². The van der Waals surface area contributed by atoms with E-state index in [1.54, 1.807) is 0 Å². The molecule has 3 N–H and O–H groups in total. The van der Waals surface area contributed by atoms with Gasteiger partial charge in [0.15, 0.2) is 0 Å². The topological polar surface area (TPSA) is 55.1 Å². The molecule has 0 aromatic heterocycles. The second-order valence-corrected chi connectivity index (χ2v) is 3.63. The van der Waals surface area contributed by atoms with Crippen molar-refractivity contribution in [3.8, 4) is 0 Å². The number of rotatable bonds is 1. The third-order valence-electron chi connectivity index (χ3n) is 2.95. The van der Waals surface area contributed by atoms with Crippen molar-refractivity contribution < 1.29 is 4.79 Å². The maximum atomic E-state index is 10.9. The highest BCUT2D eigenvalue weighted by molar-refractivity contribution is 5.85. The number of halogens is 1.